The van der Waals surface area contributed by atoms with Gasteiger partial charge in [0.2, 0.25) is 11.8 Å². The number of amides is 2. The van der Waals surface area contributed by atoms with E-state index in [-0.39, 0.29) is 11.8 Å². The molecule has 0 aromatic heterocycles. The van der Waals surface area contributed by atoms with Gasteiger partial charge >= 0.3 is 0 Å². The van der Waals surface area contributed by atoms with Gasteiger partial charge in [0.15, 0.2) is 0 Å². The molecular formula is C12H14N2O2. The van der Waals surface area contributed by atoms with E-state index in [1.807, 2.05) is 24.3 Å². The Kier molecular flexibility index (Phi) is 2.90. The molecule has 2 amide bonds. The molecule has 0 atom stereocenters. The highest BCUT2D eigenvalue weighted by Crippen LogP contribution is 2.15. The highest BCUT2D eigenvalue weighted by Gasteiger charge is 2.28. The van der Waals surface area contributed by atoms with E-state index in [4.69, 9.17) is 5.73 Å². The van der Waals surface area contributed by atoms with Gasteiger partial charge in [-0.25, -0.2) is 0 Å². The molecule has 1 aliphatic rings. The number of carbonyl (C=O) groups excluding carboxylic acids is 2. The van der Waals surface area contributed by atoms with Crippen LogP contribution in [0.15, 0.2) is 24.3 Å². The minimum Gasteiger partial charge on any atom is -0.399 e. The summed E-state index contributed by atoms with van der Waals surface area (Å²) in [4.78, 5) is 24.1. The van der Waals surface area contributed by atoms with Gasteiger partial charge in [-0.05, 0) is 18.1 Å². The quantitative estimate of drug-likeness (QED) is 0.607. The zero-order chi connectivity index (χ0) is 11.5. The van der Waals surface area contributed by atoms with Gasteiger partial charge in [-0.1, -0.05) is 18.2 Å². The van der Waals surface area contributed by atoms with Crippen LogP contribution in [0.25, 0.3) is 0 Å². The number of nitrogens with zero attached hydrogens (tertiary/aromatic N) is 1. The summed E-state index contributed by atoms with van der Waals surface area (Å²) >= 11 is 0. The molecule has 0 bridgehead atoms. The lowest BCUT2D eigenvalue weighted by molar-refractivity contribution is -0.138. The fourth-order valence-corrected chi connectivity index (χ4v) is 1.87. The van der Waals surface area contributed by atoms with Crippen LogP contribution in [0, 0.1) is 0 Å². The molecule has 2 N–H and O–H groups in total. The molecule has 16 heavy (non-hydrogen) atoms. The number of benzene rings is 1. The fraction of sp³-hybridized carbons (Fsp3) is 0.333. The number of anilines is 1. The van der Waals surface area contributed by atoms with Gasteiger partial charge in [-0.3, -0.25) is 14.5 Å². The summed E-state index contributed by atoms with van der Waals surface area (Å²) < 4.78 is 0. The Balaban J connectivity index is 2.00. The highest BCUT2D eigenvalue weighted by molar-refractivity contribution is 6.01. The first-order chi connectivity index (χ1) is 7.68. The number of imide groups is 1. The lowest BCUT2D eigenvalue weighted by Gasteiger charge is -2.14. The van der Waals surface area contributed by atoms with E-state index in [0.717, 1.165) is 5.56 Å². The van der Waals surface area contributed by atoms with Gasteiger partial charge in [0.25, 0.3) is 0 Å². The lowest BCUT2D eigenvalue weighted by Crippen LogP contribution is -2.31. The second-order valence-corrected chi connectivity index (χ2v) is 3.89. The standard InChI is InChI=1S/C12H14N2O2/c13-10-4-2-1-3-9(10)7-8-14-11(15)5-6-12(14)16/h1-4H,5-8,13H2. The summed E-state index contributed by atoms with van der Waals surface area (Å²) in [6, 6.07) is 7.51. The monoisotopic (exact) mass is 218 g/mol. The SMILES string of the molecule is Nc1ccccc1CCN1C(=O)CCC1=O. The van der Waals surface area contributed by atoms with Gasteiger partial charge in [0.05, 0.1) is 0 Å². The third kappa shape index (κ3) is 2.05. The number of hydrogen-bond acceptors (Lipinski definition) is 3. The smallest absolute Gasteiger partial charge is 0.229 e. The van der Waals surface area contributed by atoms with Gasteiger partial charge in [0.1, 0.15) is 0 Å². The minimum atomic E-state index is -0.0699. The Labute approximate surface area is 94.0 Å². The molecule has 0 radical (unpaired) electrons. The van der Waals surface area contributed by atoms with E-state index in [1.165, 1.54) is 4.90 Å². The van der Waals surface area contributed by atoms with Gasteiger partial charge < -0.3 is 5.73 Å². The first kappa shape index (κ1) is 10.7. The molecule has 1 saturated heterocycles. The van der Waals surface area contributed by atoms with Crippen LogP contribution in [-0.2, 0) is 16.0 Å². The molecule has 84 valence electrons. The maximum Gasteiger partial charge on any atom is 0.229 e. The Bertz CT molecular complexity index is 413. The van der Waals surface area contributed by atoms with Crippen LogP contribution >= 0.6 is 0 Å². The van der Waals surface area contributed by atoms with Crippen molar-refractivity contribution in [2.75, 3.05) is 12.3 Å². The molecule has 1 aromatic rings. The summed E-state index contributed by atoms with van der Waals surface area (Å²) in [6.45, 7) is 0.436. The second-order valence-electron chi connectivity index (χ2n) is 3.89. The van der Waals surface area contributed by atoms with Crippen molar-refractivity contribution in [1.29, 1.82) is 0 Å². The van der Waals surface area contributed by atoms with Gasteiger partial charge in [-0.2, -0.15) is 0 Å². The van der Waals surface area contributed by atoms with Gasteiger partial charge in [-0.15, -0.1) is 0 Å². The average molecular weight is 218 g/mol. The topological polar surface area (TPSA) is 63.4 Å². The van der Waals surface area contributed by atoms with Crippen LogP contribution in [0.1, 0.15) is 18.4 Å². The molecule has 4 nitrogen and oxygen atoms in total. The van der Waals surface area contributed by atoms with Crippen molar-refractivity contribution < 1.29 is 9.59 Å². The molecule has 1 aliphatic heterocycles. The van der Waals surface area contributed by atoms with Crippen LogP contribution < -0.4 is 5.73 Å². The first-order valence-corrected chi connectivity index (χ1v) is 5.35. The van der Waals surface area contributed by atoms with Crippen molar-refractivity contribution in [3.63, 3.8) is 0 Å². The molecule has 0 saturated carbocycles. The Morgan fingerprint density at radius 3 is 2.38 bits per heavy atom. The molecule has 1 fully saturated rings. The van der Waals surface area contributed by atoms with Crippen molar-refractivity contribution in [3.8, 4) is 0 Å². The zero-order valence-corrected chi connectivity index (χ0v) is 8.98. The molecule has 1 heterocycles. The predicted octanol–water partition coefficient (Wildman–Crippen LogP) is 0.960. The van der Waals surface area contributed by atoms with E-state index in [9.17, 15) is 9.59 Å². The third-order valence-corrected chi connectivity index (χ3v) is 2.81. The van der Waals surface area contributed by atoms with E-state index in [1.54, 1.807) is 0 Å². The molecule has 1 aromatic carbocycles. The van der Waals surface area contributed by atoms with Crippen molar-refractivity contribution in [3.05, 3.63) is 29.8 Å². The number of carbonyl (C=O) groups is 2. The summed E-state index contributed by atoms with van der Waals surface area (Å²) in [5, 5.41) is 0. The van der Waals surface area contributed by atoms with Crippen LogP contribution in [-0.4, -0.2) is 23.3 Å². The summed E-state index contributed by atoms with van der Waals surface area (Å²) in [6.07, 6.45) is 1.33. The van der Waals surface area contributed by atoms with Crippen molar-refractivity contribution in [2.24, 2.45) is 0 Å². The maximum atomic E-state index is 11.4. The largest absolute Gasteiger partial charge is 0.399 e. The number of rotatable bonds is 3. The maximum absolute atomic E-state index is 11.4. The first-order valence-electron chi connectivity index (χ1n) is 5.35. The van der Waals surface area contributed by atoms with Crippen LogP contribution in [0.4, 0.5) is 5.69 Å². The summed E-state index contributed by atoms with van der Waals surface area (Å²) in [5.74, 6) is -0.140. The number of nitrogens with two attached hydrogens (primary N) is 1. The fourth-order valence-electron chi connectivity index (χ4n) is 1.87. The van der Waals surface area contributed by atoms with Crippen molar-refractivity contribution in [1.82, 2.24) is 4.90 Å². The number of para-hydroxylation sites is 1. The summed E-state index contributed by atoms with van der Waals surface area (Å²) in [5.41, 5.74) is 7.48. The zero-order valence-electron chi connectivity index (χ0n) is 8.98. The number of hydrogen-bond donors (Lipinski definition) is 1. The molecule has 4 heteroatoms. The molecule has 2 rings (SSSR count). The van der Waals surface area contributed by atoms with Gasteiger partial charge in [0, 0.05) is 25.1 Å². The number of nitrogen functional groups attached to an aromatic ring is 1. The Hall–Kier alpha value is -1.84. The van der Waals surface area contributed by atoms with E-state index in [0.29, 0.717) is 31.5 Å². The summed E-state index contributed by atoms with van der Waals surface area (Å²) in [7, 11) is 0. The van der Waals surface area contributed by atoms with Crippen LogP contribution in [0.2, 0.25) is 0 Å². The van der Waals surface area contributed by atoms with E-state index >= 15 is 0 Å². The predicted molar refractivity (Wildman–Crippen MR) is 60.5 cm³/mol. The van der Waals surface area contributed by atoms with E-state index in [2.05, 4.69) is 0 Å². The second kappa shape index (κ2) is 4.35. The van der Waals surface area contributed by atoms with Crippen molar-refractivity contribution >= 4 is 17.5 Å². The Morgan fingerprint density at radius 2 is 1.75 bits per heavy atom. The minimum absolute atomic E-state index is 0.0699. The van der Waals surface area contributed by atoms with E-state index < -0.39 is 0 Å². The van der Waals surface area contributed by atoms with Crippen LogP contribution in [0.3, 0.4) is 0 Å². The molecule has 0 aliphatic carbocycles. The third-order valence-electron chi connectivity index (χ3n) is 2.81. The number of likely N-dealkylation sites (tertiary alicyclic amines) is 1. The Morgan fingerprint density at radius 1 is 1.12 bits per heavy atom. The average Bonchev–Trinajstić information content (AvgIpc) is 2.58. The molecule has 0 unspecified atom stereocenters. The van der Waals surface area contributed by atoms with Crippen molar-refractivity contribution in [2.45, 2.75) is 19.3 Å². The normalized spacial score (nSPS) is 15.9. The highest BCUT2D eigenvalue weighted by atomic mass is 16.2. The molecule has 0 spiro atoms. The van der Waals surface area contributed by atoms with Crippen LogP contribution in [0.5, 0.6) is 0 Å². The molecular weight excluding hydrogens is 204 g/mol. The lowest BCUT2D eigenvalue weighted by atomic mass is 10.1.